The number of nitrogens with two attached hydrogens (primary N) is 1. The summed E-state index contributed by atoms with van der Waals surface area (Å²) in [5, 5.41) is 4.31. The Kier molecular flexibility index (Phi) is 2.76. The van der Waals surface area contributed by atoms with Gasteiger partial charge in [-0.1, -0.05) is 6.07 Å². The van der Waals surface area contributed by atoms with E-state index in [1.807, 2.05) is 43.3 Å². The van der Waals surface area contributed by atoms with Crippen molar-refractivity contribution in [2.24, 2.45) is 0 Å². The molecule has 0 aliphatic carbocycles. The normalized spacial score (nSPS) is 10.6. The van der Waals surface area contributed by atoms with E-state index in [9.17, 15) is 0 Å². The number of aryl methyl sites for hydroxylation is 1. The van der Waals surface area contributed by atoms with Gasteiger partial charge in [0, 0.05) is 23.5 Å². The minimum atomic E-state index is 0.640. The lowest BCUT2D eigenvalue weighted by molar-refractivity contribution is 1.26. The standard InChI is InChI=1S/C15H14N4/c1-10-8-12(16)15(18-9-10)19-14-6-2-5-13-11(14)4-3-7-17-13/h2-9H,16H2,1H3,(H,18,19). The van der Waals surface area contributed by atoms with Crippen molar-refractivity contribution >= 4 is 28.1 Å². The highest BCUT2D eigenvalue weighted by atomic mass is 15.0. The average molecular weight is 250 g/mol. The summed E-state index contributed by atoms with van der Waals surface area (Å²) in [4.78, 5) is 8.65. The Balaban J connectivity index is 2.06. The van der Waals surface area contributed by atoms with Crippen molar-refractivity contribution in [1.29, 1.82) is 0 Å². The number of rotatable bonds is 2. The number of hydrogen-bond donors (Lipinski definition) is 2. The molecule has 0 radical (unpaired) electrons. The van der Waals surface area contributed by atoms with E-state index < -0.39 is 0 Å². The van der Waals surface area contributed by atoms with Gasteiger partial charge in [-0.05, 0) is 42.8 Å². The molecule has 0 fully saturated rings. The summed E-state index contributed by atoms with van der Waals surface area (Å²) in [7, 11) is 0. The fourth-order valence-corrected chi connectivity index (χ4v) is 2.04. The van der Waals surface area contributed by atoms with Gasteiger partial charge < -0.3 is 11.1 Å². The van der Waals surface area contributed by atoms with Crippen LogP contribution in [0.15, 0.2) is 48.8 Å². The van der Waals surface area contributed by atoms with E-state index in [0.717, 1.165) is 22.2 Å². The molecule has 2 heterocycles. The summed E-state index contributed by atoms with van der Waals surface area (Å²) >= 11 is 0. The van der Waals surface area contributed by atoms with Gasteiger partial charge in [0.05, 0.1) is 11.2 Å². The van der Waals surface area contributed by atoms with Crippen molar-refractivity contribution in [2.75, 3.05) is 11.1 Å². The van der Waals surface area contributed by atoms with Gasteiger partial charge in [-0.3, -0.25) is 4.98 Å². The fourth-order valence-electron chi connectivity index (χ4n) is 2.04. The van der Waals surface area contributed by atoms with Gasteiger partial charge in [-0.25, -0.2) is 4.98 Å². The van der Waals surface area contributed by atoms with Gasteiger partial charge in [0.25, 0.3) is 0 Å². The maximum Gasteiger partial charge on any atom is 0.153 e. The quantitative estimate of drug-likeness (QED) is 0.732. The highest BCUT2D eigenvalue weighted by molar-refractivity contribution is 5.93. The van der Waals surface area contributed by atoms with Crippen LogP contribution in [0, 0.1) is 6.92 Å². The first kappa shape index (κ1) is 11.5. The zero-order valence-corrected chi connectivity index (χ0v) is 10.6. The fraction of sp³-hybridized carbons (Fsp3) is 0.0667. The van der Waals surface area contributed by atoms with Crippen LogP contribution in [-0.4, -0.2) is 9.97 Å². The highest BCUT2D eigenvalue weighted by Gasteiger charge is 2.05. The van der Waals surface area contributed by atoms with Crippen molar-refractivity contribution in [1.82, 2.24) is 9.97 Å². The third-order valence-electron chi connectivity index (χ3n) is 2.95. The van der Waals surface area contributed by atoms with E-state index in [4.69, 9.17) is 5.73 Å². The molecule has 0 unspecified atom stereocenters. The van der Waals surface area contributed by atoms with Crippen molar-refractivity contribution in [3.05, 3.63) is 54.4 Å². The third kappa shape index (κ3) is 2.20. The number of benzene rings is 1. The summed E-state index contributed by atoms with van der Waals surface area (Å²) < 4.78 is 0. The lowest BCUT2D eigenvalue weighted by Gasteiger charge is -2.10. The number of hydrogen-bond acceptors (Lipinski definition) is 4. The van der Waals surface area contributed by atoms with Crippen LogP contribution in [0.5, 0.6) is 0 Å². The van der Waals surface area contributed by atoms with Gasteiger partial charge in [-0.2, -0.15) is 0 Å². The van der Waals surface area contributed by atoms with Crippen molar-refractivity contribution in [3.63, 3.8) is 0 Å². The molecule has 3 N–H and O–H groups in total. The second-order valence-corrected chi connectivity index (χ2v) is 4.45. The van der Waals surface area contributed by atoms with Crippen molar-refractivity contribution < 1.29 is 0 Å². The lowest BCUT2D eigenvalue weighted by Crippen LogP contribution is -2.00. The zero-order valence-electron chi connectivity index (χ0n) is 10.6. The van der Waals surface area contributed by atoms with Gasteiger partial charge in [0.2, 0.25) is 0 Å². The number of aromatic nitrogens is 2. The largest absolute Gasteiger partial charge is 0.396 e. The molecule has 4 heteroatoms. The number of fused-ring (bicyclic) bond motifs is 1. The Morgan fingerprint density at radius 3 is 2.84 bits per heavy atom. The minimum absolute atomic E-state index is 0.640. The second-order valence-electron chi connectivity index (χ2n) is 4.45. The Hall–Kier alpha value is -2.62. The van der Waals surface area contributed by atoms with E-state index in [0.29, 0.717) is 11.5 Å². The number of nitrogens with one attached hydrogen (secondary N) is 1. The molecular weight excluding hydrogens is 236 g/mol. The Morgan fingerprint density at radius 2 is 2.00 bits per heavy atom. The zero-order chi connectivity index (χ0) is 13.2. The molecule has 3 rings (SSSR count). The van der Waals surface area contributed by atoms with Gasteiger partial charge in [0.1, 0.15) is 0 Å². The molecule has 0 aliphatic heterocycles. The first-order chi connectivity index (χ1) is 9.24. The van der Waals surface area contributed by atoms with Crippen LogP contribution >= 0.6 is 0 Å². The first-order valence-corrected chi connectivity index (χ1v) is 6.07. The maximum absolute atomic E-state index is 5.97. The number of nitrogen functional groups attached to an aromatic ring is 1. The lowest BCUT2D eigenvalue weighted by atomic mass is 10.2. The van der Waals surface area contributed by atoms with Crippen LogP contribution in [0.25, 0.3) is 10.9 Å². The molecule has 0 saturated carbocycles. The Bertz CT molecular complexity index is 732. The van der Waals surface area contributed by atoms with Crippen LogP contribution < -0.4 is 11.1 Å². The van der Waals surface area contributed by atoms with E-state index in [1.54, 1.807) is 12.4 Å². The maximum atomic E-state index is 5.97. The average Bonchev–Trinajstić information content (AvgIpc) is 2.42. The molecule has 1 aromatic carbocycles. The molecular formula is C15H14N4. The molecule has 0 atom stereocenters. The molecule has 19 heavy (non-hydrogen) atoms. The molecule has 0 amide bonds. The van der Waals surface area contributed by atoms with Gasteiger partial charge in [-0.15, -0.1) is 0 Å². The molecule has 2 aromatic heterocycles. The minimum Gasteiger partial charge on any atom is -0.396 e. The second kappa shape index (κ2) is 4.57. The van der Waals surface area contributed by atoms with E-state index >= 15 is 0 Å². The van der Waals surface area contributed by atoms with E-state index in [1.165, 1.54) is 0 Å². The van der Waals surface area contributed by atoms with E-state index in [2.05, 4.69) is 15.3 Å². The summed E-state index contributed by atoms with van der Waals surface area (Å²) in [5.41, 5.74) is 9.55. The van der Waals surface area contributed by atoms with Crippen LogP contribution in [0.2, 0.25) is 0 Å². The molecule has 3 aromatic rings. The predicted molar refractivity (Wildman–Crippen MR) is 78.4 cm³/mol. The van der Waals surface area contributed by atoms with E-state index in [-0.39, 0.29) is 0 Å². The number of anilines is 3. The summed E-state index contributed by atoms with van der Waals surface area (Å²) in [6.07, 6.45) is 3.58. The third-order valence-corrected chi connectivity index (χ3v) is 2.95. The molecule has 94 valence electrons. The highest BCUT2D eigenvalue weighted by Crippen LogP contribution is 2.26. The summed E-state index contributed by atoms with van der Waals surface area (Å²) in [5.74, 6) is 0.668. The summed E-state index contributed by atoms with van der Waals surface area (Å²) in [6, 6.07) is 11.8. The predicted octanol–water partition coefficient (Wildman–Crippen LogP) is 3.26. The van der Waals surface area contributed by atoms with Crippen LogP contribution in [0.3, 0.4) is 0 Å². The smallest absolute Gasteiger partial charge is 0.153 e. The molecule has 4 nitrogen and oxygen atoms in total. The van der Waals surface area contributed by atoms with Crippen LogP contribution in [0.1, 0.15) is 5.56 Å². The van der Waals surface area contributed by atoms with Crippen LogP contribution in [-0.2, 0) is 0 Å². The van der Waals surface area contributed by atoms with Crippen LogP contribution in [0.4, 0.5) is 17.2 Å². The number of nitrogens with zero attached hydrogens (tertiary/aromatic N) is 2. The Morgan fingerprint density at radius 1 is 1.11 bits per heavy atom. The molecule has 0 spiro atoms. The first-order valence-electron chi connectivity index (χ1n) is 6.07. The number of pyridine rings is 2. The van der Waals surface area contributed by atoms with Crippen molar-refractivity contribution in [3.8, 4) is 0 Å². The monoisotopic (exact) mass is 250 g/mol. The van der Waals surface area contributed by atoms with Gasteiger partial charge >= 0.3 is 0 Å². The summed E-state index contributed by atoms with van der Waals surface area (Å²) in [6.45, 7) is 1.97. The SMILES string of the molecule is Cc1cnc(Nc2cccc3ncccc23)c(N)c1. The molecule has 0 saturated heterocycles. The van der Waals surface area contributed by atoms with Gasteiger partial charge in [0.15, 0.2) is 5.82 Å². The van der Waals surface area contributed by atoms with Crippen molar-refractivity contribution in [2.45, 2.75) is 6.92 Å². The molecule has 0 bridgehead atoms. The molecule has 0 aliphatic rings. The Labute approximate surface area is 111 Å². The topological polar surface area (TPSA) is 63.8 Å².